The van der Waals surface area contributed by atoms with Gasteiger partial charge in [-0.2, -0.15) is 5.26 Å². The summed E-state index contributed by atoms with van der Waals surface area (Å²) >= 11 is 6.05. The number of nitriles is 1. The molecule has 19 heavy (non-hydrogen) atoms. The molecule has 0 unspecified atom stereocenters. The third kappa shape index (κ3) is 2.67. The topological polar surface area (TPSA) is 96.8 Å². The number of halogens is 1. The predicted octanol–water partition coefficient (Wildman–Crippen LogP) is 2.34. The molecule has 0 amide bonds. The molecule has 0 fully saturated rings. The molecule has 2 aromatic rings. The zero-order valence-corrected chi connectivity index (χ0v) is 10.8. The first-order valence-corrected chi connectivity index (χ1v) is 5.64. The number of anilines is 3. The lowest BCUT2D eigenvalue weighted by Crippen LogP contribution is -2.03. The van der Waals surface area contributed by atoms with Gasteiger partial charge in [-0.15, -0.1) is 0 Å². The highest BCUT2D eigenvalue weighted by Crippen LogP contribution is 2.32. The van der Waals surface area contributed by atoms with Crippen LogP contribution in [0.4, 0.5) is 17.3 Å². The van der Waals surface area contributed by atoms with Crippen molar-refractivity contribution in [3.05, 3.63) is 35.1 Å². The van der Waals surface area contributed by atoms with Crippen molar-refractivity contribution in [3.63, 3.8) is 0 Å². The van der Waals surface area contributed by atoms with Crippen LogP contribution in [-0.2, 0) is 0 Å². The molecule has 2 rings (SSSR count). The number of hydrogen-bond donors (Lipinski definition) is 2. The maximum Gasteiger partial charge on any atom is 0.204 e. The molecule has 6 nitrogen and oxygen atoms in total. The van der Waals surface area contributed by atoms with E-state index in [9.17, 15) is 0 Å². The van der Waals surface area contributed by atoms with Crippen LogP contribution < -0.4 is 15.8 Å². The maximum atomic E-state index is 8.87. The van der Waals surface area contributed by atoms with E-state index in [1.165, 1.54) is 13.4 Å². The van der Waals surface area contributed by atoms with E-state index in [2.05, 4.69) is 15.3 Å². The predicted molar refractivity (Wildman–Crippen MR) is 72.4 cm³/mol. The van der Waals surface area contributed by atoms with Gasteiger partial charge in [0.05, 0.1) is 29.5 Å². The first-order chi connectivity index (χ1) is 9.15. The summed E-state index contributed by atoms with van der Waals surface area (Å²) in [7, 11) is 1.47. The largest absolute Gasteiger partial charge is 0.490 e. The lowest BCUT2D eigenvalue weighted by atomic mass is 10.2. The third-order valence-electron chi connectivity index (χ3n) is 2.38. The van der Waals surface area contributed by atoms with Gasteiger partial charge in [0.25, 0.3) is 0 Å². The van der Waals surface area contributed by atoms with Gasteiger partial charge in [-0.3, -0.25) is 0 Å². The highest BCUT2D eigenvalue weighted by Gasteiger charge is 2.11. The Kier molecular flexibility index (Phi) is 3.68. The molecule has 0 spiro atoms. The van der Waals surface area contributed by atoms with Gasteiger partial charge in [-0.05, 0) is 18.2 Å². The van der Waals surface area contributed by atoms with Crippen LogP contribution >= 0.6 is 11.6 Å². The Bertz CT molecular complexity index is 653. The van der Waals surface area contributed by atoms with Gasteiger partial charge in [0, 0.05) is 0 Å². The lowest BCUT2D eigenvalue weighted by molar-refractivity contribution is 0.415. The fourth-order valence-corrected chi connectivity index (χ4v) is 1.66. The average molecular weight is 276 g/mol. The Labute approximate surface area is 114 Å². The van der Waals surface area contributed by atoms with E-state index in [-0.39, 0.29) is 5.82 Å². The van der Waals surface area contributed by atoms with E-state index in [4.69, 9.17) is 27.3 Å². The second-order valence-electron chi connectivity index (χ2n) is 3.57. The number of benzene rings is 1. The van der Waals surface area contributed by atoms with E-state index in [0.717, 1.165) is 0 Å². The van der Waals surface area contributed by atoms with Gasteiger partial charge in [0.2, 0.25) is 5.75 Å². The molecule has 3 N–H and O–H groups in total. The molecule has 0 atom stereocenters. The Balaban J connectivity index is 2.42. The minimum absolute atomic E-state index is 0.215. The summed E-state index contributed by atoms with van der Waals surface area (Å²) in [6.07, 6.45) is 1.31. The van der Waals surface area contributed by atoms with Crippen LogP contribution in [-0.4, -0.2) is 17.1 Å². The molecule has 0 aliphatic rings. The molecule has 1 heterocycles. The standard InChI is InChI=1S/C12H10ClN5O/c1-19-10-11(15)16-6-17-12(10)18-9-4-7(5-14)2-3-8(9)13/h2-4,6H,1H3,(H3,15,16,17,18). The normalized spacial score (nSPS) is 9.74. The van der Waals surface area contributed by atoms with Crippen molar-refractivity contribution in [1.82, 2.24) is 9.97 Å². The van der Waals surface area contributed by atoms with Crippen LogP contribution in [0.5, 0.6) is 5.75 Å². The number of nitrogens with one attached hydrogen (secondary N) is 1. The van der Waals surface area contributed by atoms with Crippen molar-refractivity contribution in [1.29, 1.82) is 5.26 Å². The maximum absolute atomic E-state index is 8.87. The summed E-state index contributed by atoms with van der Waals surface area (Å²) in [5, 5.41) is 12.3. The smallest absolute Gasteiger partial charge is 0.204 e. The van der Waals surface area contributed by atoms with Gasteiger partial charge >= 0.3 is 0 Å². The summed E-state index contributed by atoms with van der Waals surface area (Å²) in [4.78, 5) is 7.86. The molecule has 96 valence electrons. The molecule has 0 bridgehead atoms. The molecular weight excluding hydrogens is 266 g/mol. The fraction of sp³-hybridized carbons (Fsp3) is 0.0833. The second-order valence-corrected chi connectivity index (χ2v) is 3.98. The van der Waals surface area contributed by atoms with E-state index >= 15 is 0 Å². The van der Waals surface area contributed by atoms with Crippen LogP contribution in [0.15, 0.2) is 24.5 Å². The first kappa shape index (κ1) is 12.9. The number of nitrogens with zero attached hydrogens (tertiary/aromatic N) is 3. The van der Waals surface area contributed by atoms with Crippen molar-refractivity contribution < 1.29 is 4.74 Å². The van der Waals surface area contributed by atoms with Crippen molar-refractivity contribution in [3.8, 4) is 11.8 Å². The van der Waals surface area contributed by atoms with Crippen molar-refractivity contribution >= 4 is 28.9 Å². The summed E-state index contributed by atoms with van der Waals surface area (Å²) < 4.78 is 5.12. The number of methoxy groups -OCH3 is 1. The molecule has 0 aliphatic heterocycles. The van der Waals surface area contributed by atoms with E-state index in [0.29, 0.717) is 27.8 Å². The van der Waals surface area contributed by atoms with Crippen LogP contribution in [0, 0.1) is 11.3 Å². The van der Waals surface area contributed by atoms with Gasteiger partial charge in [0.1, 0.15) is 6.33 Å². The first-order valence-electron chi connectivity index (χ1n) is 5.27. The third-order valence-corrected chi connectivity index (χ3v) is 2.71. The zero-order valence-electron chi connectivity index (χ0n) is 10.0. The quantitative estimate of drug-likeness (QED) is 0.892. The van der Waals surface area contributed by atoms with Crippen LogP contribution in [0.25, 0.3) is 0 Å². The molecular formula is C12H10ClN5O. The number of rotatable bonds is 3. The van der Waals surface area contributed by atoms with E-state index < -0.39 is 0 Å². The lowest BCUT2D eigenvalue weighted by Gasteiger charge is -2.12. The molecule has 0 aliphatic carbocycles. The Morgan fingerprint density at radius 2 is 2.21 bits per heavy atom. The number of nitrogens with two attached hydrogens (primary N) is 1. The molecule has 0 saturated carbocycles. The van der Waals surface area contributed by atoms with E-state index in [1.807, 2.05) is 6.07 Å². The van der Waals surface area contributed by atoms with Crippen molar-refractivity contribution in [2.24, 2.45) is 0 Å². The molecule has 1 aromatic carbocycles. The monoisotopic (exact) mass is 275 g/mol. The van der Waals surface area contributed by atoms with E-state index in [1.54, 1.807) is 18.2 Å². The van der Waals surface area contributed by atoms with Crippen molar-refractivity contribution in [2.45, 2.75) is 0 Å². The van der Waals surface area contributed by atoms with Gasteiger partial charge < -0.3 is 15.8 Å². The number of nitrogen functional groups attached to an aromatic ring is 1. The van der Waals surface area contributed by atoms with Crippen LogP contribution in [0.3, 0.4) is 0 Å². The number of aromatic nitrogens is 2. The molecule has 0 saturated heterocycles. The average Bonchev–Trinajstić information content (AvgIpc) is 2.41. The van der Waals surface area contributed by atoms with Crippen LogP contribution in [0.1, 0.15) is 5.56 Å². The molecule has 0 radical (unpaired) electrons. The Hall–Kier alpha value is -2.52. The SMILES string of the molecule is COc1c(N)ncnc1Nc1cc(C#N)ccc1Cl. The fourth-order valence-electron chi connectivity index (χ4n) is 1.50. The summed E-state index contributed by atoms with van der Waals surface area (Å²) in [6, 6.07) is 6.89. The second kappa shape index (κ2) is 5.42. The molecule has 1 aromatic heterocycles. The van der Waals surface area contributed by atoms with Crippen LogP contribution in [0.2, 0.25) is 5.02 Å². The zero-order chi connectivity index (χ0) is 13.8. The Morgan fingerprint density at radius 1 is 1.42 bits per heavy atom. The van der Waals surface area contributed by atoms with Gasteiger partial charge in [-0.25, -0.2) is 9.97 Å². The highest BCUT2D eigenvalue weighted by molar-refractivity contribution is 6.33. The summed E-state index contributed by atoms with van der Waals surface area (Å²) in [5.41, 5.74) is 6.70. The van der Waals surface area contributed by atoms with Gasteiger partial charge in [0.15, 0.2) is 11.6 Å². The van der Waals surface area contributed by atoms with Gasteiger partial charge in [-0.1, -0.05) is 11.6 Å². The number of ether oxygens (including phenoxy) is 1. The van der Waals surface area contributed by atoms with Crippen molar-refractivity contribution in [2.75, 3.05) is 18.2 Å². The summed E-state index contributed by atoms with van der Waals surface area (Å²) in [6.45, 7) is 0. The highest BCUT2D eigenvalue weighted by atomic mass is 35.5. The summed E-state index contributed by atoms with van der Waals surface area (Å²) in [5.74, 6) is 0.917. The Morgan fingerprint density at radius 3 is 2.89 bits per heavy atom. The number of hydrogen-bond acceptors (Lipinski definition) is 6. The minimum Gasteiger partial charge on any atom is -0.490 e. The molecule has 7 heteroatoms. The minimum atomic E-state index is 0.215.